The quantitative estimate of drug-likeness (QED) is 0.431. The normalized spacial score (nSPS) is 10.7. The maximum atomic E-state index is 11.2. The van der Waals surface area contributed by atoms with Crippen LogP contribution in [-0.4, -0.2) is 19.7 Å². The average molecular weight is 234 g/mol. The molecule has 17 heavy (non-hydrogen) atoms. The minimum absolute atomic E-state index is 0.231. The van der Waals surface area contributed by atoms with Crippen LogP contribution in [0.1, 0.15) is 18.1 Å². The van der Waals surface area contributed by atoms with Gasteiger partial charge < -0.3 is 9.47 Å². The van der Waals surface area contributed by atoms with E-state index in [9.17, 15) is 4.79 Å². The first kappa shape index (κ1) is 13.5. The number of methoxy groups -OCH3 is 1. The topological polar surface area (TPSA) is 35.5 Å². The molecule has 0 aliphatic carbocycles. The van der Waals surface area contributed by atoms with E-state index in [-0.39, 0.29) is 5.97 Å². The lowest BCUT2D eigenvalue weighted by atomic mass is 10.1. The molecule has 0 aromatic heterocycles. The summed E-state index contributed by atoms with van der Waals surface area (Å²) in [6, 6.07) is 7.74. The third-order valence-corrected chi connectivity index (χ3v) is 2.39. The fourth-order valence-corrected chi connectivity index (χ4v) is 1.43. The Morgan fingerprint density at radius 3 is 2.65 bits per heavy atom. The van der Waals surface area contributed by atoms with Crippen LogP contribution < -0.4 is 0 Å². The van der Waals surface area contributed by atoms with Gasteiger partial charge in [0.1, 0.15) is 0 Å². The predicted octanol–water partition coefficient (Wildman–Crippen LogP) is 2.49. The van der Waals surface area contributed by atoms with Gasteiger partial charge in [-0.1, -0.05) is 36.4 Å². The third-order valence-electron chi connectivity index (χ3n) is 2.39. The lowest BCUT2D eigenvalue weighted by Gasteiger charge is -2.08. The second kappa shape index (κ2) is 7.63. The summed E-state index contributed by atoms with van der Waals surface area (Å²) >= 11 is 0. The number of allylic oxidation sites excluding steroid dienone is 1. The van der Waals surface area contributed by atoms with Crippen LogP contribution in [0.25, 0.3) is 0 Å². The molecule has 0 saturated carbocycles. The first-order valence-corrected chi connectivity index (χ1v) is 5.60. The van der Waals surface area contributed by atoms with E-state index in [1.54, 1.807) is 0 Å². The maximum absolute atomic E-state index is 11.2. The summed E-state index contributed by atoms with van der Waals surface area (Å²) < 4.78 is 10.1. The summed E-state index contributed by atoms with van der Waals surface area (Å²) in [5, 5.41) is 0. The number of hydrogen-bond donors (Lipinski definition) is 0. The largest absolute Gasteiger partial charge is 0.469 e. The average Bonchev–Trinajstić information content (AvgIpc) is 2.36. The molecule has 0 fully saturated rings. The van der Waals surface area contributed by atoms with Crippen LogP contribution in [0, 0.1) is 0 Å². The van der Waals surface area contributed by atoms with E-state index >= 15 is 0 Å². The molecule has 0 spiro atoms. The van der Waals surface area contributed by atoms with Crippen molar-refractivity contribution in [2.45, 2.75) is 20.0 Å². The second-order valence-corrected chi connectivity index (χ2v) is 3.61. The van der Waals surface area contributed by atoms with E-state index < -0.39 is 0 Å². The fourth-order valence-electron chi connectivity index (χ4n) is 1.43. The Morgan fingerprint density at radius 2 is 2.00 bits per heavy atom. The monoisotopic (exact) mass is 234 g/mol. The van der Waals surface area contributed by atoms with Crippen LogP contribution >= 0.6 is 0 Å². The number of ether oxygens (including phenoxy) is 2. The smallest absolute Gasteiger partial charge is 0.309 e. The number of rotatable bonds is 6. The molecular formula is C14H18O3. The van der Waals surface area contributed by atoms with Crippen molar-refractivity contribution in [3.05, 3.63) is 47.5 Å². The van der Waals surface area contributed by atoms with Crippen molar-refractivity contribution in [2.24, 2.45) is 0 Å². The summed E-state index contributed by atoms with van der Waals surface area (Å²) in [6.45, 7) is 3.05. The highest BCUT2D eigenvalue weighted by molar-refractivity contribution is 5.72. The molecule has 1 aromatic rings. The zero-order valence-electron chi connectivity index (χ0n) is 10.3. The van der Waals surface area contributed by atoms with Crippen molar-refractivity contribution in [1.82, 2.24) is 0 Å². The number of carbonyl (C=O) groups is 1. The molecule has 0 aliphatic heterocycles. The summed E-state index contributed by atoms with van der Waals surface area (Å²) in [7, 11) is 1.40. The van der Waals surface area contributed by atoms with E-state index in [1.807, 2.05) is 43.3 Å². The molecular weight excluding hydrogens is 216 g/mol. The van der Waals surface area contributed by atoms with Crippen LogP contribution in [0.3, 0.4) is 0 Å². The lowest BCUT2D eigenvalue weighted by molar-refractivity contribution is -0.139. The van der Waals surface area contributed by atoms with Crippen LogP contribution in [-0.2, 0) is 27.3 Å². The van der Waals surface area contributed by atoms with E-state index in [0.717, 1.165) is 11.1 Å². The third kappa shape index (κ3) is 4.83. The molecule has 3 nitrogen and oxygen atoms in total. The highest BCUT2D eigenvalue weighted by Crippen LogP contribution is 2.11. The van der Waals surface area contributed by atoms with Gasteiger partial charge in [-0.25, -0.2) is 0 Å². The number of carbonyl (C=O) groups excluding carboxylic acids is 1. The minimum atomic E-state index is -0.231. The second-order valence-electron chi connectivity index (χ2n) is 3.61. The highest BCUT2D eigenvalue weighted by atomic mass is 16.5. The Labute approximate surface area is 102 Å². The Morgan fingerprint density at radius 1 is 1.29 bits per heavy atom. The van der Waals surface area contributed by atoms with Crippen LogP contribution in [0.5, 0.6) is 0 Å². The zero-order chi connectivity index (χ0) is 12.5. The first-order valence-electron chi connectivity index (χ1n) is 5.60. The van der Waals surface area contributed by atoms with Crippen molar-refractivity contribution in [3.63, 3.8) is 0 Å². The molecule has 3 heteroatoms. The minimum Gasteiger partial charge on any atom is -0.469 e. The molecule has 0 saturated heterocycles. The Hall–Kier alpha value is -1.61. The first-order chi connectivity index (χ1) is 8.27. The molecule has 0 radical (unpaired) electrons. The Bertz CT molecular complexity index is 383. The summed E-state index contributed by atoms with van der Waals surface area (Å²) in [5.41, 5.74) is 1.99. The maximum Gasteiger partial charge on any atom is 0.309 e. The summed E-state index contributed by atoms with van der Waals surface area (Å²) in [6.07, 6.45) is 4.18. The van der Waals surface area contributed by atoms with Crippen LogP contribution in [0.2, 0.25) is 0 Å². The van der Waals surface area contributed by atoms with Gasteiger partial charge in [-0.15, -0.1) is 0 Å². The van der Waals surface area contributed by atoms with Crippen molar-refractivity contribution < 1.29 is 14.3 Å². The molecule has 0 bridgehead atoms. The van der Waals surface area contributed by atoms with Crippen molar-refractivity contribution in [2.75, 3.05) is 13.7 Å². The van der Waals surface area contributed by atoms with E-state index in [4.69, 9.17) is 4.74 Å². The molecule has 0 aliphatic rings. The molecule has 1 rings (SSSR count). The molecule has 0 heterocycles. The number of hydrogen-bond acceptors (Lipinski definition) is 3. The fraction of sp³-hybridized carbons (Fsp3) is 0.357. The van der Waals surface area contributed by atoms with Gasteiger partial charge in [0.05, 0.1) is 26.7 Å². The summed E-state index contributed by atoms with van der Waals surface area (Å²) in [5.74, 6) is -0.231. The van der Waals surface area contributed by atoms with Gasteiger partial charge in [0.25, 0.3) is 0 Å². The summed E-state index contributed by atoms with van der Waals surface area (Å²) in [4.78, 5) is 11.2. The Balaban J connectivity index is 2.60. The van der Waals surface area contributed by atoms with Gasteiger partial charge in [0.2, 0.25) is 0 Å². The number of benzene rings is 1. The SMILES string of the molecule is C/C=C/COCc1ccccc1CC(=O)OC. The van der Waals surface area contributed by atoms with Crippen LogP contribution in [0.4, 0.5) is 0 Å². The molecule has 92 valence electrons. The van der Waals surface area contributed by atoms with E-state index in [2.05, 4.69) is 4.74 Å². The number of esters is 1. The van der Waals surface area contributed by atoms with Gasteiger partial charge >= 0.3 is 5.97 Å². The van der Waals surface area contributed by atoms with E-state index in [0.29, 0.717) is 19.6 Å². The standard InChI is InChI=1S/C14H18O3/c1-3-4-9-17-11-13-8-6-5-7-12(13)10-14(15)16-2/h3-8H,9-11H2,1-2H3/b4-3+. The lowest BCUT2D eigenvalue weighted by Crippen LogP contribution is -2.07. The van der Waals surface area contributed by atoms with Crippen molar-refractivity contribution >= 4 is 5.97 Å². The highest BCUT2D eigenvalue weighted by Gasteiger charge is 2.07. The molecule has 1 aromatic carbocycles. The molecule has 0 unspecified atom stereocenters. The van der Waals surface area contributed by atoms with Gasteiger partial charge in [0, 0.05) is 0 Å². The zero-order valence-corrected chi connectivity index (χ0v) is 10.3. The molecule has 0 amide bonds. The molecule has 0 N–H and O–H groups in total. The van der Waals surface area contributed by atoms with Gasteiger partial charge in [-0.3, -0.25) is 4.79 Å². The van der Waals surface area contributed by atoms with E-state index in [1.165, 1.54) is 7.11 Å². The van der Waals surface area contributed by atoms with Gasteiger partial charge in [0.15, 0.2) is 0 Å². The Kier molecular flexibility index (Phi) is 6.04. The van der Waals surface area contributed by atoms with Crippen molar-refractivity contribution in [1.29, 1.82) is 0 Å². The van der Waals surface area contributed by atoms with Crippen LogP contribution in [0.15, 0.2) is 36.4 Å². The van der Waals surface area contributed by atoms with Gasteiger partial charge in [-0.2, -0.15) is 0 Å². The molecule has 0 atom stereocenters. The van der Waals surface area contributed by atoms with Crippen molar-refractivity contribution in [3.8, 4) is 0 Å². The van der Waals surface area contributed by atoms with Gasteiger partial charge in [-0.05, 0) is 18.1 Å². The predicted molar refractivity (Wildman–Crippen MR) is 66.6 cm³/mol.